The Kier molecular flexibility index (Phi) is 3.61. The third kappa shape index (κ3) is 3.20. The minimum absolute atomic E-state index is 0.110. The number of benzene rings is 1. The second-order valence-electron chi connectivity index (χ2n) is 3.60. The fourth-order valence-electron chi connectivity index (χ4n) is 1.14. The van der Waals surface area contributed by atoms with Crippen LogP contribution in [0.15, 0.2) is 35.9 Å². The van der Waals surface area contributed by atoms with Crippen molar-refractivity contribution in [2.24, 2.45) is 0 Å². The van der Waals surface area contributed by atoms with Gasteiger partial charge < -0.3 is 4.90 Å². The highest BCUT2D eigenvalue weighted by Crippen LogP contribution is 2.13. The van der Waals surface area contributed by atoms with Crippen LogP contribution in [0.25, 0.3) is 0 Å². The minimum atomic E-state index is -0.304. The van der Waals surface area contributed by atoms with Gasteiger partial charge in [0.15, 0.2) is 0 Å². The van der Waals surface area contributed by atoms with E-state index < -0.39 is 0 Å². The van der Waals surface area contributed by atoms with E-state index in [1.165, 1.54) is 17.0 Å². The van der Waals surface area contributed by atoms with E-state index in [4.69, 9.17) is 0 Å². The molecule has 0 aliphatic heterocycles. The number of allylic oxidation sites excluding steroid dienone is 1. The summed E-state index contributed by atoms with van der Waals surface area (Å²) in [6.45, 7) is 3.72. The van der Waals surface area contributed by atoms with Gasteiger partial charge >= 0.3 is 0 Å². The Balaban J connectivity index is 2.85. The Morgan fingerprint density at radius 1 is 1.27 bits per heavy atom. The Hall–Kier alpha value is -1.64. The average Bonchev–Trinajstić information content (AvgIpc) is 2.17. The van der Waals surface area contributed by atoms with Crippen LogP contribution in [0, 0.1) is 5.82 Å². The highest BCUT2D eigenvalue weighted by molar-refractivity contribution is 6.01. The van der Waals surface area contributed by atoms with E-state index in [-0.39, 0.29) is 11.7 Å². The molecule has 0 aromatic heterocycles. The number of amides is 1. The summed E-state index contributed by atoms with van der Waals surface area (Å²) < 4.78 is 12.6. The maximum atomic E-state index is 12.6. The standard InChI is InChI=1S/C12H14FNO/c1-9(2)8-12(15)14(3)11-6-4-10(13)5-7-11/h4-8H,1-3H3. The highest BCUT2D eigenvalue weighted by atomic mass is 19.1. The molecule has 0 bridgehead atoms. The van der Waals surface area contributed by atoms with E-state index >= 15 is 0 Å². The van der Waals surface area contributed by atoms with Crippen molar-refractivity contribution in [2.45, 2.75) is 13.8 Å². The van der Waals surface area contributed by atoms with E-state index in [1.54, 1.807) is 25.3 Å². The molecule has 0 aliphatic rings. The quantitative estimate of drug-likeness (QED) is 0.683. The zero-order valence-electron chi connectivity index (χ0n) is 9.12. The topological polar surface area (TPSA) is 20.3 Å². The number of hydrogen-bond acceptors (Lipinski definition) is 1. The molecule has 0 spiro atoms. The molecule has 0 heterocycles. The van der Waals surface area contributed by atoms with Gasteiger partial charge in [-0.05, 0) is 38.1 Å². The maximum absolute atomic E-state index is 12.6. The number of carbonyl (C=O) groups excluding carboxylic acids is 1. The van der Waals surface area contributed by atoms with E-state index in [1.807, 2.05) is 13.8 Å². The van der Waals surface area contributed by atoms with Crippen LogP contribution in [-0.4, -0.2) is 13.0 Å². The molecule has 1 aromatic carbocycles. The summed E-state index contributed by atoms with van der Waals surface area (Å²) in [4.78, 5) is 13.1. The summed E-state index contributed by atoms with van der Waals surface area (Å²) >= 11 is 0. The molecule has 0 fully saturated rings. The van der Waals surface area contributed by atoms with E-state index in [9.17, 15) is 9.18 Å². The molecule has 0 unspecified atom stereocenters. The first kappa shape index (κ1) is 11.4. The SMILES string of the molecule is CC(C)=CC(=O)N(C)c1ccc(F)cc1. The van der Waals surface area contributed by atoms with Crippen LogP contribution < -0.4 is 4.90 Å². The molecule has 0 atom stereocenters. The van der Waals surface area contributed by atoms with E-state index in [0.717, 1.165) is 5.57 Å². The van der Waals surface area contributed by atoms with Gasteiger partial charge in [-0.2, -0.15) is 0 Å². The number of likely N-dealkylation sites (N-methyl/N-ethyl adjacent to an activating group) is 1. The molecule has 15 heavy (non-hydrogen) atoms. The fraction of sp³-hybridized carbons (Fsp3) is 0.250. The lowest BCUT2D eigenvalue weighted by molar-refractivity contribution is -0.113. The molecule has 2 nitrogen and oxygen atoms in total. The maximum Gasteiger partial charge on any atom is 0.250 e. The second-order valence-corrected chi connectivity index (χ2v) is 3.60. The number of rotatable bonds is 2. The van der Waals surface area contributed by atoms with Crippen molar-refractivity contribution in [1.82, 2.24) is 0 Å². The first-order chi connectivity index (χ1) is 7.00. The lowest BCUT2D eigenvalue weighted by Gasteiger charge is -2.15. The molecule has 0 saturated heterocycles. The summed E-state index contributed by atoms with van der Waals surface area (Å²) in [6, 6.07) is 5.82. The van der Waals surface area contributed by atoms with Gasteiger partial charge in [0, 0.05) is 18.8 Å². The van der Waals surface area contributed by atoms with Gasteiger partial charge in [-0.15, -0.1) is 0 Å². The molecular formula is C12H14FNO. The molecule has 3 heteroatoms. The Morgan fingerprint density at radius 3 is 2.27 bits per heavy atom. The summed E-state index contributed by atoms with van der Waals surface area (Å²) in [5.41, 5.74) is 1.62. The number of halogens is 1. The second kappa shape index (κ2) is 4.73. The van der Waals surface area contributed by atoms with Gasteiger partial charge in [-0.1, -0.05) is 5.57 Å². The van der Waals surface area contributed by atoms with Gasteiger partial charge in [-0.25, -0.2) is 4.39 Å². The van der Waals surface area contributed by atoms with Crippen LogP contribution in [0.1, 0.15) is 13.8 Å². The fourth-order valence-corrected chi connectivity index (χ4v) is 1.14. The van der Waals surface area contributed by atoms with Gasteiger partial charge in [-0.3, -0.25) is 4.79 Å². The van der Waals surface area contributed by atoms with Crippen molar-refractivity contribution in [3.05, 3.63) is 41.7 Å². The van der Waals surface area contributed by atoms with E-state index in [2.05, 4.69) is 0 Å². The van der Waals surface area contributed by atoms with Crippen molar-refractivity contribution in [3.63, 3.8) is 0 Å². The largest absolute Gasteiger partial charge is 0.312 e. The van der Waals surface area contributed by atoms with Gasteiger partial charge in [0.1, 0.15) is 5.82 Å². The average molecular weight is 207 g/mol. The molecule has 1 aromatic rings. The molecule has 0 radical (unpaired) electrons. The minimum Gasteiger partial charge on any atom is -0.312 e. The van der Waals surface area contributed by atoms with Crippen molar-refractivity contribution in [1.29, 1.82) is 0 Å². The lowest BCUT2D eigenvalue weighted by atomic mass is 10.2. The van der Waals surface area contributed by atoms with Crippen molar-refractivity contribution in [3.8, 4) is 0 Å². The Morgan fingerprint density at radius 2 is 1.80 bits per heavy atom. The van der Waals surface area contributed by atoms with Crippen LogP contribution in [0.5, 0.6) is 0 Å². The van der Waals surface area contributed by atoms with E-state index in [0.29, 0.717) is 5.69 Å². The molecule has 0 aliphatic carbocycles. The molecule has 0 N–H and O–H groups in total. The molecule has 1 rings (SSSR count). The summed E-state index contributed by atoms with van der Waals surface area (Å²) in [7, 11) is 1.66. The highest BCUT2D eigenvalue weighted by Gasteiger charge is 2.07. The number of hydrogen-bond donors (Lipinski definition) is 0. The zero-order chi connectivity index (χ0) is 11.4. The number of anilines is 1. The first-order valence-corrected chi connectivity index (χ1v) is 4.69. The van der Waals surface area contributed by atoms with Crippen LogP contribution in [0.4, 0.5) is 10.1 Å². The van der Waals surface area contributed by atoms with Crippen LogP contribution >= 0.6 is 0 Å². The molecular weight excluding hydrogens is 193 g/mol. The monoisotopic (exact) mass is 207 g/mol. The number of carbonyl (C=O) groups is 1. The predicted octanol–water partition coefficient (Wildman–Crippen LogP) is 2.75. The van der Waals surface area contributed by atoms with Crippen molar-refractivity contribution < 1.29 is 9.18 Å². The Labute approximate surface area is 89.0 Å². The Bertz CT molecular complexity index is 377. The van der Waals surface area contributed by atoms with Crippen LogP contribution in [0.3, 0.4) is 0 Å². The van der Waals surface area contributed by atoms with Crippen LogP contribution in [-0.2, 0) is 4.79 Å². The molecule has 80 valence electrons. The third-order valence-corrected chi connectivity index (χ3v) is 1.96. The smallest absolute Gasteiger partial charge is 0.250 e. The zero-order valence-corrected chi connectivity index (χ0v) is 9.12. The predicted molar refractivity (Wildman–Crippen MR) is 59.2 cm³/mol. The lowest BCUT2D eigenvalue weighted by Crippen LogP contribution is -2.24. The third-order valence-electron chi connectivity index (χ3n) is 1.96. The number of nitrogens with zero attached hydrogens (tertiary/aromatic N) is 1. The van der Waals surface area contributed by atoms with Crippen molar-refractivity contribution >= 4 is 11.6 Å². The first-order valence-electron chi connectivity index (χ1n) is 4.69. The molecule has 1 amide bonds. The van der Waals surface area contributed by atoms with Gasteiger partial charge in [0.05, 0.1) is 0 Å². The van der Waals surface area contributed by atoms with Gasteiger partial charge in [0.2, 0.25) is 0 Å². The summed E-state index contributed by atoms with van der Waals surface area (Å²) in [6.07, 6.45) is 1.54. The summed E-state index contributed by atoms with van der Waals surface area (Å²) in [5.74, 6) is -0.413. The normalized spacial score (nSPS) is 9.60. The van der Waals surface area contributed by atoms with Crippen LogP contribution in [0.2, 0.25) is 0 Å². The van der Waals surface area contributed by atoms with Crippen molar-refractivity contribution in [2.75, 3.05) is 11.9 Å². The summed E-state index contributed by atoms with van der Waals surface area (Å²) in [5, 5.41) is 0. The van der Waals surface area contributed by atoms with Gasteiger partial charge in [0.25, 0.3) is 5.91 Å². The molecule has 0 saturated carbocycles.